The van der Waals surface area contributed by atoms with Crippen molar-refractivity contribution < 1.29 is 9.50 Å². The number of aliphatic hydroxyl groups excluding tert-OH is 1. The first-order valence-electron chi connectivity index (χ1n) is 6.17. The third-order valence-electron chi connectivity index (χ3n) is 3.16. The Bertz CT molecular complexity index is 821. The Morgan fingerprint density at radius 1 is 1.38 bits per heavy atom. The lowest BCUT2D eigenvalue weighted by molar-refractivity contribution is 0.282. The first-order valence-corrected chi connectivity index (χ1v) is 6.55. The molecule has 0 atom stereocenters. The number of hydrogen-bond acceptors (Lipinski definition) is 3. The van der Waals surface area contributed by atoms with Crippen LogP contribution in [0.3, 0.4) is 0 Å². The predicted molar refractivity (Wildman–Crippen MR) is 82.1 cm³/mol. The fourth-order valence-electron chi connectivity index (χ4n) is 2.12. The van der Waals surface area contributed by atoms with E-state index in [1.165, 1.54) is 6.33 Å². The van der Waals surface area contributed by atoms with Crippen molar-refractivity contribution in [2.24, 2.45) is 0 Å². The summed E-state index contributed by atoms with van der Waals surface area (Å²) in [4.78, 5) is 6.74. The Kier molecular flexibility index (Phi) is 3.57. The zero-order chi connectivity index (χ0) is 15.0. The maximum atomic E-state index is 14.5. The van der Waals surface area contributed by atoms with Crippen LogP contribution in [0.4, 0.5) is 15.8 Å². The second-order valence-corrected chi connectivity index (χ2v) is 4.95. The maximum absolute atomic E-state index is 14.5. The Balaban J connectivity index is 2.12. The minimum absolute atomic E-state index is 0.142. The molecule has 7 heteroatoms. The highest BCUT2D eigenvalue weighted by molar-refractivity contribution is 6.37. The zero-order valence-corrected chi connectivity index (χ0v) is 11.6. The van der Waals surface area contributed by atoms with Crippen LogP contribution in [0.1, 0.15) is 5.56 Å². The highest BCUT2D eigenvalue weighted by Crippen LogP contribution is 2.32. The molecule has 21 heavy (non-hydrogen) atoms. The van der Waals surface area contributed by atoms with E-state index in [9.17, 15) is 9.50 Å². The number of H-pyrrole nitrogens is 1. The van der Waals surface area contributed by atoms with E-state index in [0.717, 1.165) is 0 Å². The Morgan fingerprint density at radius 3 is 2.90 bits per heavy atom. The number of benzene rings is 2. The van der Waals surface area contributed by atoms with Crippen LogP contribution in [0.2, 0.25) is 5.02 Å². The Hall–Kier alpha value is -2.05. The molecule has 0 unspecified atom stereocenters. The van der Waals surface area contributed by atoms with Crippen LogP contribution in [-0.2, 0) is 6.61 Å². The zero-order valence-electron chi connectivity index (χ0n) is 10.8. The minimum atomic E-state index is -0.550. The largest absolute Gasteiger partial charge is 0.392 e. The van der Waals surface area contributed by atoms with E-state index in [2.05, 4.69) is 15.3 Å². The number of rotatable bonds is 3. The van der Waals surface area contributed by atoms with Gasteiger partial charge < -0.3 is 15.4 Å². The molecular weight excluding hydrogens is 291 g/mol. The Morgan fingerprint density at radius 2 is 2.19 bits per heavy atom. The summed E-state index contributed by atoms with van der Waals surface area (Å²) >= 11 is 6.08. The second kappa shape index (κ2) is 5.39. The summed E-state index contributed by atoms with van der Waals surface area (Å²) in [5, 5.41) is 12.7. The molecule has 0 aliphatic carbocycles. The van der Waals surface area contributed by atoms with E-state index in [0.29, 0.717) is 27.3 Å². The van der Waals surface area contributed by atoms with Crippen molar-refractivity contribution in [1.82, 2.24) is 9.97 Å². The van der Waals surface area contributed by atoms with Crippen LogP contribution in [0.15, 0.2) is 30.6 Å². The van der Waals surface area contributed by atoms with Crippen molar-refractivity contribution in [2.75, 3.05) is 5.32 Å². The molecule has 0 saturated carbocycles. The fourth-order valence-corrected chi connectivity index (χ4v) is 2.36. The molecule has 104 valence electrons. The number of fused-ring (bicyclic) bond motifs is 1. The van der Waals surface area contributed by atoms with Crippen LogP contribution in [-0.4, -0.2) is 22.9 Å². The van der Waals surface area contributed by atoms with E-state index in [1.54, 1.807) is 24.3 Å². The summed E-state index contributed by atoms with van der Waals surface area (Å²) in [7, 11) is 5.63. The van der Waals surface area contributed by atoms with Gasteiger partial charge in [0.25, 0.3) is 0 Å². The van der Waals surface area contributed by atoms with Crippen LogP contribution in [0.5, 0.6) is 0 Å². The average Bonchev–Trinajstić information content (AvgIpc) is 2.92. The number of aromatic amines is 1. The van der Waals surface area contributed by atoms with Crippen LogP contribution in [0, 0.1) is 5.82 Å². The van der Waals surface area contributed by atoms with Gasteiger partial charge in [-0.15, -0.1) is 0 Å². The number of nitrogens with zero attached hydrogens (tertiary/aromatic N) is 1. The van der Waals surface area contributed by atoms with Gasteiger partial charge in [-0.1, -0.05) is 23.1 Å². The van der Waals surface area contributed by atoms with Gasteiger partial charge >= 0.3 is 0 Å². The number of halogens is 2. The van der Waals surface area contributed by atoms with E-state index < -0.39 is 5.82 Å². The van der Waals surface area contributed by atoms with Crippen LogP contribution >= 0.6 is 11.6 Å². The molecule has 1 heterocycles. The molecule has 2 aromatic carbocycles. The van der Waals surface area contributed by atoms with Gasteiger partial charge in [0, 0.05) is 5.56 Å². The molecule has 3 N–H and O–H groups in total. The molecule has 3 rings (SSSR count). The fraction of sp³-hybridized carbons (Fsp3) is 0.0714. The van der Waals surface area contributed by atoms with Gasteiger partial charge in [0.2, 0.25) is 0 Å². The van der Waals surface area contributed by atoms with Crippen molar-refractivity contribution >= 4 is 47.3 Å². The predicted octanol–water partition coefficient (Wildman–Crippen LogP) is 2.39. The lowest BCUT2D eigenvalue weighted by atomic mass is 9.96. The topological polar surface area (TPSA) is 60.9 Å². The van der Waals surface area contributed by atoms with Crippen molar-refractivity contribution in [3.8, 4) is 0 Å². The minimum Gasteiger partial charge on any atom is -0.392 e. The third-order valence-corrected chi connectivity index (χ3v) is 3.47. The molecule has 0 fully saturated rings. The van der Waals surface area contributed by atoms with Gasteiger partial charge in [0.15, 0.2) is 5.82 Å². The number of nitrogens with one attached hydrogen (secondary N) is 2. The molecule has 0 amide bonds. The second-order valence-electron chi connectivity index (χ2n) is 4.55. The maximum Gasteiger partial charge on any atom is 0.174 e. The van der Waals surface area contributed by atoms with Crippen LogP contribution in [0.25, 0.3) is 11.0 Å². The number of aromatic nitrogens is 2. The van der Waals surface area contributed by atoms with Gasteiger partial charge in [-0.2, -0.15) is 0 Å². The molecule has 0 saturated heterocycles. The molecule has 0 spiro atoms. The summed E-state index contributed by atoms with van der Waals surface area (Å²) in [6, 6.07) is 6.50. The number of aliphatic hydroxyl groups is 1. The van der Waals surface area contributed by atoms with E-state index in [-0.39, 0.29) is 17.8 Å². The molecule has 0 aliphatic rings. The summed E-state index contributed by atoms with van der Waals surface area (Å²) in [6.07, 6.45) is 1.40. The SMILES string of the molecule is [B]c1ccc(Nc2c(CO)cc3[nH]cnc3c2F)c(Cl)c1. The molecule has 0 aliphatic heterocycles. The summed E-state index contributed by atoms with van der Waals surface area (Å²) in [6.45, 7) is -0.319. The van der Waals surface area contributed by atoms with Crippen molar-refractivity contribution in [1.29, 1.82) is 0 Å². The van der Waals surface area contributed by atoms with Crippen molar-refractivity contribution in [2.45, 2.75) is 6.61 Å². The first-order chi connectivity index (χ1) is 10.1. The highest BCUT2D eigenvalue weighted by atomic mass is 35.5. The molecule has 1 aromatic heterocycles. The number of hydrogen-bond donors (Lipinski definition) is 3. The molecule has 0 bridgehead atoms. The van der Waals surface area contributed by atoms with Gasteiger partial charge in [-0.3, -0.25) is 0 Å². The number of anilines is 2. The van der Waals surface area contributed by atoms with E-state index in [4.69, 9.17) is 19.4 Å². The standard InChI is InChI=1S/C14H10BClFN3O/c15-8-1-2-10(9(16)4-8)20-13-7(5-21)3-11-14(12(13)17)19-6-18-11/h1-4,6,20-21H,5H2,(H,18,19). The molecular formula is C14H10BClFN3O. The van der Waals surface area contributed by atoms with Crippen molar-refractivity contribution in [3.63, 3.8) is 0 Å². The van der Waals surface area contributed by atoms with Crippen molar-refractivity contribution in [3.05, 3.63) is 47.0 Å². The summed E-state index contributed by atoms with van der Waals surface area (Å²) in [5.41, 5.74) is 2.26. The molecule has 3 aromatic rings. The smallest absolute Gasteiger partial charge is 0.174 e. The normalized spacial score (nSPS) is 11.0. The third kappa shape index (κ3) is 2.48. The van der Waals surface area contributed by atoms with Gasteiger partial charge in [0.1, 0.15) is 13.4 Å². The Labute approximate surface area is 126 Å². The van der Waals surface area contributed by atoms with Gasteiger partial charge in [0.05, 0.1) is 34.8 Å². The monoisotopic (exact) mass is 301 g/mol. The lowest BCUT2D eigenvalue weighted by Crippen LogP contribution is -2.05. The van der Waals surface area contributed by atoms with Crippen LogP contribution < -0.4 is 10.8 Å². The molecule has 4 nitrogen and oxygen atoms in total. The average molecular weight is 302 g/mol. The summed E-state index contributed by atoms with van der Waals surface area (Å²) in [5.74, 6) is -0.550. The van der Waals surface area contributed by atoms with Gasteiger partial charge in [-0.05, 0) is 18.2 Å². The van der Waals surface area contributed by atoms with Gasteiger partial charge in [-0.25, -0.2) is 9.37 Å². The number of imidazole rings is 1. The van der Waals surface area contributed by atoms with E-state index in [1.807, 2.05) is 0 Å². The molecule has 2 radical (unpaired) electrons. The highest BCUT2D eigenvalue weighted by Gasteiger charge is 2.16. The quantitative estimate of drug-likeness (QED) is 0.651. The lowest BCUT2D eigenvalue weighted by Gasteiger charge is -2.14. The first kappa shape index (κ1) is 13.9. The summed E-state index contributed by atoms with van der Waals surface area (Å²) < 4.78 is 14.5. The van der Waals surface area contributed by atoms with E-state index >= 15 is 0 Å².